The Morgan fingerprint density at radius 3 is 2.35 bits per heavy atom. The van der Waals surface area contributed by atoms with Gasteiger partial charge in [-0.15, -0.1) is 0 Å². The van der Waals surface area contributed by atoms with Crippen LogP contribution in [0, 0.1) is 5.92 Å². The Hall–Kier alpha value is -1.88. The molecule has 1 aliphatic heterocycles. The highest BCUT2D eigenvalue weighted by Gasteiger charge is 2.24. The molecule has 0 atom stereocenters. The van der Waals surface area contributed by atoms with Crippen molar-refractivity contribution in [2.75, 3.05) is 33.7 Å². The van der Waals surface area contributed by atoms with Crippen molar-refractivity contribution in [1.82, 2.24) is 15.1 Å². The van der Waals surface area contributed by atoms with Crippen molar-refractivity contribution in [3.8, 4) is 0 Å². The third kappa shape index (κ3) is 4.55. The molecule has 0 aliphatic carbocycles. The van der Waals surface area contributed by atoms with E-state index in [0.29, 0.717) is 6.54 Å². The predicted molar refractivity (Wildman–Crippen MR) is 91.1 cm³/mol. The van der Waals surface area contributed by atoms with E-state index in [1.807, 2.05) is 38.2 Å². The monoisotopic (exact) mass is 317 g/mol. The lowest BCUT2D eigenvalue weighted by Crippen LogP contribution is -2.39. The van der Waals surface area contributed by atoms with Crippen molar-refractivity contribution in [3.05, 3.63) is 35.4 Å². The molecule has 23 heavy (non-hydrogen) atoms. The maximum absolute atomic E-state index is 12.1. The highest BCUT2D eigenvalue weighted by molar-refractivity contribution is 5.94. The van der Waals surface area contributed by atoms with Crippen molar-refractivity contribution in [2.24, 2.45) is 5.92 Å². The molecule has 1 N–H and O–H groups in total. The summed E-state index contributed by atoms with van der Waals surface area (Å²) in [6.07, 6.45) is 1.83. The molecule has 1 aliphatic rings. The Kier molecular flexibility index (Phi) is 6.16. The lowest BCUT2D eigenvalue weighted by atomic mass is 9.95. The van der Waals surface area contributed by atoms with E-state index in [9.17, 15) is 9.59 Å². The molecule has 1 saturated heterocycles. The third-order valence-corrected chi connectivity index (χ3v) is 4.63. The second-order valence-corrected chi connectivity index (χ2v) is 6.18. The zero-order valence-corrected chi connectivity index (χ0v) is 14.3. The van der Waals surface area contributed by atoms with Gasteiger partial charge in [-0.2, -0.15) is 0 Å². The highest BCUT2D eigenvalue weighted by atomic mass is 16.2. The molecule has 126 valence electrons. The van der Waals surface area contributed by atoms with Crippen molar-refractivity contribution < 1.29 is 9.59 Å². The highest BCUT2D eigenvalue weighted by Crippen LogP contribution is 2.19. The summed E-state index contributed by atoms with van der Waals surface area (Å²) in [6, 6.07) is 7.87. The molecule has 0 radical (unpaired) electrons. The molecule has 0 aromatic heterocycles. The maximum Gasteiger partial charge on any atom is 0.253 e. The molecule has 0 spiro atoms. The average molecular weight is 317 g/mol. The standard InChI is InChI=1S/C18H27N3O2/c1-4-20(3)18(23)16-7-5-14(6-8-16)13-21-11-9-15(10-12-21)17(22)19-2/h5-8,15H,4,9-13H2,1-3H3,(H,19,22). The van der Waals surface area contributed by atoms with Gasteiger partial charge >= 0.3 is 0 Å². The Bertz CT molecular complexity index is 534. The van der Waals surface area contributed by atoms with Crippen LogP contribution in [0.15, 0.2) is 24.3 Å². The topological polar surface area (TPSA) is 52.7 Å². The van der Waals surface area contributed by atoms with E-state index < -0.39 is 0 Å². The molecule has 0 unspecified atom stereocenters. The Balaban J connectivity index is 1.87. The van der Waals surface area contributed by atoms with E-state index >= 15 is 0 Å². The first-order valence-electron chi connectivity index (χ1n) is 8.33. The summed E-state index contributed by atoms with van der Waals surface area (Å²) >= 11 is 0. The van der Waals surface area contributed by atoms with Gasteiger partial charge in [0, 0.05) is 38.7 Å². The molecule has 1 fully saturated rings. The van der Waals surface area contributed by atoms with Gasteiger partial charge in [0.2, 0.25) is 5.91 Å². The number of amides is 2. The molecule has 5 heteroatoms. The van der Waals surface area contributed by atoms with Crippen molar-refractivity contribution in [2.45, 2.75) is 26.3 Å². The normalized spacial score (nSPS) is 16.1. The minimum absolute atomic E-state index is 0.0606. The largest absolute Gasteiger partial charge is 0.359 e. The quantitative estimate of drug-likeness (QED) is 0.900. The summed E-state index contributed by atoms with van der Waals surface area (Å²) in [5, 5.41) is 2.74. The van der Waals surface area contributed by atoms with Gasteiger partial charge in [0.1, 0.15) is 0 Å². The van der Waals surface area contributed by atoms with Gasteiger partial charge in [-0.25, -0.2) is 0 Å². The average Bonchev–Trinajstić information content (AvgIpc) is 2.61. The van der Waals surface area contributed by atoms with Crippen LogP contribution in [0.5, 0.6) is 0 Å². The van der Waals surface area contributed by atoms with Gasteiger partial charge in [0.15, 0.2) is 0 Å². The molecule has 2 amide bonds. The number of rotatable bonds is 5. The number of nitrogens with zero attached hydrogens (tertiary/aromatic N) is 2. The maximum atomic E-state index is 12.1. The van der Waals surface area contributed by atoms with Crippen molar-refractivity contribution in [3.63, 3.8) is 0 Å². The fourth-order valence-electron chi connectivity index (χ4n) is 2.93. The molecular weight excluding hydrogens is 290 g/mol. The molecule has 1 heterocycles. The zero-order chi connectivity index (χ0) is 16.8. The fraction of sp³-hybridized carbons (Fsp3) is 0.556. The second kappa shape index (κ2) is 8.11. The van der Waals surface area contributed by atoms with Crippen LogP contribution in [0.4, 0.5) is 0 Å². The lowest BCUT2D eigenvalue weighted by molar-refractivity contribution is -0.125. The van der Waals surface area contributed by atoms with Crippen molar-refractivity contribution in [1.29, 1.82) is 0 Å². The van der Waals surface area contributed by atoms with E-state index in [0.717, 1.165) is 38.0 Å². The summed E-state index contributed by atoms with van der Waals surface area (Å²) in [7, 11) is 3.51. The number of nitrogens with one attached hydrogen (secondary N) is 1. The van der Waals surface area contributed by atoms with E-state index in [-0.39, 0.29) is 17.7 Å². The second-order valence-electron chi connectivity index (χ2n) is 6.18. The van der Waals surface area contributed by atoms with Crippen LogP contribution in [-0.4, -0.2) is 55.3 Å². The van der Waals surface area contributed by atoms with Crippen LogP contribution in [0.2, 0.25) is 0 Å². The summed E-state index contributed by atoms with van der Waals surface area (Å²) in [5.74, 6) is 0.374. The molecule has 5 nitrogen and oxygen atoms in total. The number of carbonyl (C=O) groups excluding carboxylic acids is 2. The molecule has 1 aromatic rings. The van der Waals surface area contributed by atoms with Crippen LogP contribution >= 0.6 is 0 Å². The van der Waals surface area contributed by atoms with Crippen LogP contribution in [0.3, 0.4) is 0 Å². The molecular formula is C18H27N3O2. The van der Waals surface area contributed by atoms with E-state index in [2.05, 4.69) is 10.2 Å². The van der Waals surface area contributed by atoms with Crippen LogP contribution in [0.25, 0.3) is 0 Å². The summed E-state index contributed by atoms with van der Waals surface area (Å²) < 4.78 is 0. The third-order valence-electron chi connectivity index (χ3n) is 4.63. The van der Waals surface area contributed by atoms with Gasteiger partial charge in [-0.1, -0.05) is 12.1 Å². The van der Waals surface area contributed by atoms with Gasteiger partial charge in [0.25, 0.3) is 5.91 Å². The zero-order valence-electron chi connectivity index (χ0n) is 14.3. The van der Waals surface area contributed by atoms with Gasteiger partial charge in [-0.3, -0.25) is 14.5 Å². The first-order chi connectivity index (χ1) is 11.0. The summed E-state index contributed by atoms with van der Waals surface area (Å²) in [4.78, 5) is 27.8. The number of hydrogen-bond acceptors (Lipinski definition) is 3. The number of likely N-dealkylation sites (tertiary alicyclic amines) is 1. The van der Waals surface area contributed by atoms with Crippen LogP contribution in [-0.2, 0) is 11.3 Å². The fourth-order valence-corrected chi connectivity index (χ4v) is 2.93. The molecule has 0 bridgehead atoms. The van der Waals surface area contributed by atoms with Crippen molar-refractivity contribution >= 4 is 11.8 Å². The van der Waals surface area contributed by atoms with Gasteiger partial charge in [-0.05, 0) is 50.6 Å². The minimum atomic E-state index is 0.0606. The smallest absolute Gasteiger partial charge is 0.253 e. The molecule has 2 rings (SSSR count). The Morgan fingerprint density at radius 1 is 1.22 bits per heavy atom. The van der Waals surface area contributed by atoms with E-state index in [1.165, 1.54) is 5.56 Å². The number of piperidine rings is 1. The van der Waals surface area contributed by atoms with E-state index in [1.54, 1.807) is 11.9 Å². The summed E-state index contributed by atoms with van der Waals surface area (Å²) in [5.41, 5.74) is 1.94. The minimum Gasteiger partial charge on any atom is -0.359 e. The first kappa shape index (κ1) is 17.5. The first-order valence-corrected chi connectivity index (χ1v) is 8.33. The number of carbonyl (C=O) groups is 2. The lowest BCUT2D eigenvalue weighted by Gasteiger charge is -2.31. The Morgan fingerprint density at radius 2 is 1.83 bits per heavy atom. The SMILES string of the molecule is CCN(C)C(=O)c1ccc(CN2CCC(C(=O)NC)CC2)cc1. The summed E-state index contributed by atoms with van der Waals surface area (Å²) in [6.45, 7) is 5.43. The van der Waals surface area contributed by atoms with Gasteiger partial charge in [0.05, 0.1) is 0 Å². The van der Waals surface area contributed by atoms with Crippen LogP contribution < -0.4 is 5.32 Å². The van der Waals surface area contributed by atoms with Crippen LogP contribution in [0.1, 0.15) is 35.7 Å². The number of benzene rings is 1. The Labute approximate surface area is 138 Å². The van der Waals surface area contributed by atoms with E-state index in [4.69, 9.17) is 0 Å². The van der Waals surface area contributed by atoms with Gasteiger partial charge < -0.3 is 10.2 Å². The molecule has 0 saturated carbocycles. The predicted octanol–water partition coefficient (Wildman–Crippen LogP) is 1.74. The number of hydrogen-bond donors (Lipinski definition) is 1. The molecule has 1 aromatic carbocycles.